The zero-order valence-electron chi connectivity index (χ0n) is 47.4. The lowest BCUT2D eigenvalue weighted by atomic mass is 9.90. The lowest BCUT2D eigenvalue weighted by molar-refractivity contribution is -0.146. The first-order valence-electron chi connectivity index (χ1n) is 26.6. The molecule has 1 aliphatic rings. The van der Waals surface area contributed by atoms with Gasteiger partial charge in [0.1, 0.15) is 30.0 Å². The number of hydrogen-bond donors (Lipinski definition) is 4. The molecule has 0 aromatic heterocycles. The van der Waals surface area contributed by atoms with E-state index >= 15 is 0 Å². The Kier molecular flexibility index (Phi) is 25.9. The van der Waals surface area contributed by atoms with Crippen LogP contribution in [0.4, 0.5) is 0 Å². The number of nitrogens with one attached hydrogen (secondary N) is 3. The lowest BCUT2D eigenvalue weighted by Gasteiger charge is -2.36. The molecule has 2 aromatic carbocycles. The molecule has 0 spiro atoms. The molecule has 0 unspecified atom stereocenters. The van der Waals surface area contributed by atoms with E-state index in [1.54, 1.807) is 33.0 Å². The molecule has 8 atom stereocenters. The van der Waals surface area contributed by atoms with Gasteiger partial charge < -0.3 is 45.4 Å². The van der Waals surface area contributed by atoms with Crippen molar-refractivity contribution >= 4 is 52.9 Å². The largest absolute Gasteiger partial charge is 0.393 e. The van der Waals surface area contributed by atoms with E-state index in [0.717, 1.165) is 11.1 Å². The third-order valence-electron chi connectivity index (χ3n) is 13.8. The summed E-state index contributed by atoms with van der Waals surface area (Å²) in [5, 5.41) is 18.8. The number of amides is 7. The van der Waals surface area contributed by atoms with Crippen molar-refractivity contribution in [1.82, 2.24) is 40.4 Å². The Hall–Kier alpha value is -6.05. The highest BCUT2D eigenvalue weighted by atomic mass is 16.5. The molecular weight excluding hydrogens is 973 g/mol. The van der Waals surface area contributed by atoms with Crippen molar-refractivity contribution in [3.05, 3.63) is 71.8 Å². The van der Waals surface area contributed by atoms with Gasteiger partial charge in [0, 0.05) is 85.3 Å². The second-order valence-corrected chi connectivity index (χ2v) is 22.2. The van der Waals surface area contributed by atoms with Crippen LogP contribution in [0.3, 0.4) is 0 Å². The molecule has 19 nitrogen and oxygen atoms in total. The highest BCUT2D eigenvalue weighted by Crippen LogP contribution is 2.21. The van der Waals surface area contributed by atoms with Crippen LogP contribution in [0.5, 0.6) is 0 Å². The fourth-order valence-electron chi connectivity index (χ4n) is 9.28. The third-order valence-corrected chi connectivity index (χ3v) is 13.8. The van der Waals surface area contributed by atoms with Gasteiger partial charge in [-0.25, -0.2) is 0 Å². The maximum atomic E-state index is 14.9. The molecule has 4 N–H and O–H groups in total. The number of hydrogen-bond acceptors (Lipinski definition) is 12. The van der Waals surface area contributed by atoms with Gasteiger partial charge in [-0.1, -0.05) is 81.4 Å². The summed E-state index contributed by atoms with van der Waals surface area (Å²) in [5.41, 5.74) is 0.760. The zero-order chi connectivity index (χ0) is 57.0. The zero-order valence-corrected chi connectivity index (χ0v) is 47.4. The van der Waals surface area contributed by atoms with E-state index in [9.17, 15) is 48.3 Å². The van der Waals surface area contributed by atoms with Crippen molar-refractivity contribution in [3.8, 4) is 0 Å². The molecule has 1 fully saturated rings. The SMILES string of the molecule is CC(C)C[C@H]1CC(=O)N(C)[C@@H](Cc2ccccc2)C(=O)NCC(=O)N[C@@H](C)C(=O)N(C)CCCCC(=O)C[C@@H]([C@@H](C)O)C(=O)CN(C)C[C@@H](C)C(=O)N(C)[C@@H](Cc2ccccc2)C(=O)N[C@@H](COC(C)(C)C)C(=O)N1C. The van der Waals surface area contributed by atoms with E-state index in [4.69, 9.17) is 4.74 Å². The normalized spacial score (nSPS) is 25.1. The topological polar surface area (TPSA) is 235 Å². The molecule has 0 aliphatic carbocycles. The Morgan fingerprint density at radius 1 is 0.697 bits per heavy atom. The summed E-state index contributed by atoms with van der Waals surface area (Å²) in [7, 11) is 7.82. The minimum atomic E-state index is -1.27. The molecule has 2 aromatic rings. The summed E-state index contributed by atoms with van der Waals surface area (Å²) >= 11 is 0. The fourth-order valence-corrected chi connectivity index (χ4v) is 9.28. The first kappa shape index (κ1) is 64.2. The van der Waals surface area contributed by atoms with Gasteiger partial charge in [0.2, 0.25) is 41.4 Å². The third kappa shape index (κ3) is 21.2. The molecule has 1 aliphatic heterocycles. The van der Waals surface area contributed by atoms with Gasteiger partial charge >= 0.3 is 0 Å². The number of carbonyl (C=O) groups is 9. The molecule has 1 saturated heterocycles. The maximum absolute atomic E-state index is 14.9. The van der Waals surface area contributed by atoms with Crippen LogP contribution in [0.25, 0.3) is 0 Å². The Morgan fingerprint density at radius 2 is 1.26 bits per heavy atom. The Labute approximate surface area is 451 Å². The van der Waals surface area contributed by atoms with Crippen molar-refractivity contribution in [1.29, 1.82) is 0 Å². The number of benzene rings is 2. The van der Waals surface area contributed by atoms with E-state index in [-0.39, 0.29) is 75.8 Å². The van der Waals surface area contributed by atoms with E-state index < -0.39 is 102 Å². The van der Waals surface area contributed by atoms with Crippen LogP contribution in [0, 0.1) is 17.8 Å². The van der Waals surface area contributed by atoms with Crippen LogP contribution >= 0.6 is 0 Å². The van der Waals surface area contributed by atoms with Crippen LogP contribution in [-0.2, 0) is 60.7 Å². The van der Waals surface area contributed by atoms with Crippen molar-refractivity contribution < 1.29 is 53.0 Å². The van der Waals surface area contributed by atoms with E-state index in [1.807, 2.05) is 95.3 Å². The van der Waals surface area contributed by atoms with E-state index in [2.05, 4.69) is 16.0 Å². The minimum Gasteiger partial charge on any atom is -0.393 e. The van der Waals surface area contributed by atoms with Crippen LogP contribution in [-0.4, -0.2) is 192 Å². The number of ether oxygens (including phenoxy) is 1. The number of likely N-dealkylation sites (N-methyl/N-ethyl adjacent to an activating group) is 5. The first-order chi connectivity index (χ1) is 35.6. The van der Waals surface area contributed by atoms with Gasteiger partial charge in [-0.2, -0.15) is 0 Å². The molecule has 0 saturated carbocycles. The molecule has 19 heteroatoms. The number of rotatable bonds is 9. The standard InChI is InChI=1S/C57H88N8O11/c1-37(2)28-43-31-51(70)64(12)47(29-41-22-16-14-17-23-41)52(71)58-33-50(69)59-39(4)55(74)62(10)27-21-20-26-44(67)32-45(40(5)66)49(68)35-61(9)34-38(3)54(73)65(13)48(30-42-24-18-15-19-25-42)53(72)60-46(56(75)63(43)11)36-76-57(6,7)8/h14-19,22-25,37-40,43,45-48,66H,20-21,26-36H2,1-13H3,(H,58,71)(H,59,69)(H,60,72)/t38-,39+,40-,43+,45+,46+,47+,48+/m1/s1. The molecular formula is C57H88N8O11. The maximum Gasteiger partial charge on any atom is 0.247 e. The monoisotopic (exact) mass is 1060 g/mol. The predicted molar refractivity (Wildman–Crippen MR) is 290 cm³/mol. The van der Waals surface area contributed by atoms with Crippen LogP contribution in [0.2, 0.25) is 0 Å². The summed E-state index contributed by atoms with van der Waals surface area (Å²) in [5.74, 6) is -6.03. The predicted octanol–water partition coefficient (Wildman–Crippen LogP) is 3.05. The summed E-state index contributed by atoms with van der Waals surface area (Å²) in [6.07, 6.45) is -0.0130. The molecule has 76 heavy (non-hydrogen) atoms. The number of carbonyl (C=O) groups excluding carboxylic acids is 9. The summed E-state index contributed by atoms with van der Waals surface area (Å²) in [6, 6.07) is 13.1. The van der Waals surface area contributed by atoms with Crippen LogP contribution in [0.1, 0.15) is 105 Å². The van der Waals surface area contributed by atoms with Crippen molar-refractivity contribution in [2.24, 2.45) is 17.8 Å². The Morgan fingerprint density at radius 3 is 1.80 bits per heavy atom. The summed E-state index contributed by atoms with van der Waals surface area (Å²) in [4.78, 5) is 133. The highest BCUT2D eigenvalue weighted by Gasteiger charge is 2.38. The van der Waals surface area contributed by atoms with Crippen molar-refractivity contribution in [2.45, 2.75) is 149 Å². The first-order valence-corrected chi connectivity index (χ1v) is 26.6. The number of aliphatic hydroxyl groups is 1. The summed E-state index contributed by atoms with van der Waals surface area (Å²) < 4.78 is 6.15. The van der Waals surface area contributed by atoms with Gasteiger partial charge in [-0.3, -0.25) is 48.1 Å². The number of Topliss-reactive ketones (excluding diaryl/α,β-unsaturated/α-hetero) is 2. The second-order valence-electron chi connectivity index (χ2n) is 22.2. The van der Waals surface area contributed by atoms with Crippen molar-refractivity contribution in [3.63, 3.8) is 0 Å². The Bertz CT molecular complexity index is 2260. The highest BCUT2D eigenvalue weighted by molar-refractivity contribution is 5.95. The molecule has 0 bridgehead atoms. The van der Waals surface area contributed by atoms with Crippen LogP contribution < -0.4 is 16.0 Å². The van der Waals surface area contributed by atoms with Crippen LogP contribution in [0.15, 0.2) is 60.7 Å². The van der Waals surface area contributed by atoms with Gasteiger partial charge in [0.15, 0.2) is 5.78 Å². The van der Waals surface area contributed by atoms with Crippen molar-refractivity contribution in [2.75, 3.05) is 68.0 Å². The van der Waals surface area contributed by atoms with E-state index in [1.165, 1.54) is 47.5 Å². The molecule has 0 radical (unpaired) electrons. The summed E-state index contributed by atoms with van der Waals surface area (Å²) in [6.45, 7) is 13.5. The molecule has 7 amide bonds. The number of aliphatic hydroxyl groups excluding tert-OH is 1. The molecule has 422 valence electrons. The smallest absolute Gasteiger partial charge is 0.247 e. The average molecular weight is 1060 g/mol. The van der Waals surface area contributed by atoms with Gasteiger partial charge in [0.25, 0.3) is 0 Å². The average Bonchev–Trinajstić information content (AvgIpc) is 3.36. The lowest BCUT2D eigenvalue weighted by Crippen LogP contribution is -2.58. The Balaban J connectivity index is 2.08. The molecule has 3 rings (SSSR count). The number of ketones is 2. The quantitative estimate of drug-likeness (QED) is 0.284. The van der Waals surface area contributed by atoms with Gasteiger partial charge in [0.05, 0.1) is 37.3 Å². The number of nitrogens with zero attached hydrogens (tertiary/aromatic N) is 5. The molecule has 1 heterocycles. The minimum absolute atomic E-state index is 0.00701. The second kappa shape index (κ2) is 30.6. The van der Waals surface area contributed by atoms with Gasteiger partial charge in [-0.05, 0) is 78.0 Å². The van der Waals surface area contributed by atoms with E-state index in [0.29, 0.717) is 19.3 Å². The van der Waals surface area contributed by atoms with Gasteiger partial charge in [-0.15, -0.1) is 0 Å². The fraction of sp³-hybridized carbons (Fsp3) is 0.632.